The van der Waals surface area contributed by atoms with Crippen LogP contribution in [0.15, 0.2) is 36.5 Å². The van der Waals surface area contributed by atoms with Gasteiger partial charge in [0.05, 0.1) is 0 Å². The van der Waals surface area contributed by atoms with Crippen LogP contribution in [0, 0.1) is 12.7 Å². The highest BCUT2D eigenvalue weighted by Gasteiger charge is 2.12. The fourth-order valence-electron chi connectivity index (χ4n) is 1.55. The van der Waals surface area contributed by atoms with Crippen LogP contribution in [0.4, 0.5) is 4.39 Å². The summed E-state index contributed by atoms with van der Waals surface area (Å²) in [6, 6.07) is 7.22. The number of benzene rings is 1. The molecule has 0 saturated carbocycles. The SMILES string of the molecule is Cc1cc(F)ccc1C(=O)c1ccc(Cl)nc1. The van der Waals surface area contributed by atoms with Gasteiger partial charge in [0.1, 0.15) is 11.0 Å². The molecule has 0 aliphatic carbocycles. The summed E-state index contributed by atoms with van der Waals surface area (Å²) >= 11 is 5.64. The van der Waals surface area contributed by atoms with E-state index < -0.39 is 0 Å². The lowest BCUT2D eigenvalue weighted by Gasteiger charge is -2.04. The summed E-state index contributed by atoms with van der Waals surface area (Å²) in [4.78, 5) is 15.9. The molecule has 1 heterocycles. The molecule has 0 fully saturated rings. The molecule has 0 N–H and O–H groups in total. The van der Waals surface area contributed by atoms with Crippen LogP contribution in [0.1, 0.15) is 21.5 Å². The predicted octanol–water partition coefficient (Wildman–Crippen LogP) is 3.41. The molecule has 2 nitrogen and oxygen atoms in total. The molecule has 0 saturated heterocycles. The monoisotopic (exact) mass is 249 g/mol. The standard InChI is InChI=1S/C13H9ClFNO/c1-8-6-10(15)3-4-11(8)13(17)9-2-5-12(14)16-7-9/h2-7H,1H3. The molecule has 0 aliphatic heterocycles. The Morgan fingerprint density at radius 2 is 2.06 bits per heavy atom. The number of ketones is 1. The first-order valence-electron chi connectivity index (χ1n) is 5.00. The van der Waals surface area contributed by atoms with Gasteiger partial charge in [0.15, 0.2) is 5.78 Å². The first-order chi connectivity index (χ1) is 8.08. The van der Waals surface area contributed by atoms with Gasteiger partial charge in [-0.05, 0) is 42.8 Å². The molecule has 0 atom stereocenters. The number of carbonyl (C=O) groups is 1. The zero-order valence-corrected chi connectivity index (χ0v) is 9.83. The molecule has 2 rings (SSSR count). The fraction of sp³-hybridized carbons (Fsp3) is 0.0769. The molecule has 0 radical (unpaired) electrons. The molecular formula is C13H9ClFNO. The quantitative estimate of drug-likeness (QED) is 0.603. The van der Waals surface area contributed by atoms with Crippen LogP contribution in [-0.2, 0) is 0 Å². The highest BCUT2D eigenvalue weighted by Crippen LogP contribution is 2.16. The van der Waals surface area contributed by atoms with E-state index >= 15 is 0 Å². The van der Waals surface area contributed by atoms with E-state index in [1.54, 1.807) is 19.1 Å². The molecule has 0 spiro atoms. The van der Waals surface area contributed by atoms with Crippen LogP contribution in [-0.4, -0.2) is 10.8 Å². The van der Waals surface area contributed by atoms with E-state index in [0.29, 0.717) is 21.8 Å². The molecular weight excluding hydrogens is 241 g/mol. The van der Waals surface area contributed by atoms with Crippen LogP contribution in [0.3, 0.4) is 0 Å². The number of halogens is 2. The Hall–Kier alpha value is -1.74. The van der Waals surface area contributed by atoms with Crippen LogP contribution < -0.4 is 0 Å². The van der Waals surface area contributed by atoms with E-state index in [-0.39, 0.29) is 11.6 Å². The lowest BCUT2D eigenvalue weighted by atomic mass is 10.0. The lowest BCUT2D eigenvalue weighted by molar-refractivity contribution is 0.103. The topological polar surface area (TPSA) is 30.0 Å². The summed E-state index contributed by atoms with van der Waals surface area (Å²) in [5, 5.41) is 0.331. The number of nitrogens with zero attached hydrogens (tertiary/aromatic N) is 1. The van der Waals surface area contributed by atoms with Crippen molar-refractivity contribution in [1.82, 2.24) is 4.98 Å². The highest BCUT2D eigenvalue weighted by molar-refractivity contribution is 6.29. The van der Waals surface area contributed by atoms with Crippen molar-refractivity contribution in [3.8, 4) is 0 Å². The van der Waals surface area contributed by atoms with Crippen molar-refractivity contribution in [2.75, 3.05) is 0 Å². The number of rotatable bonds is 2. The first kappa shape index (κ1) is 11.7. The number of aryl methyl sites for hydroxylation is 1. The van der Waals surface area contributed by atoms with Gasteiger partial charge in [0.2, 0.25) is 0 Å². The summed E-state index contributed by atoms with van der Waals surface area (Å²) in [5.41, 5.74) is 1.50. The molecule has 4 heteroatoms. The predicted molar refractivity (Wildman–Crippen MR) is 63.8 cm³/mol. The Kier molecular flexibility index (Phi) is 3.20. The van der Waals surface area contributed by atoms with Gasteiger partial charge in [-0.2, -0.15) is 0 Å². The minimum Gasteiger partial charge on any atom is -0.289 e. The maximum absolute atomic E-state index is 12.9. The average Bonchev–Trinajstić information content (AvgIpc) is 2.29. The zero-order valence-electron chi connectivity index (χ0n) is 9.08. The van der Waals surface area contributed by atoms with Gasteiger partial charge in [-0.1, -0.05) is 11.6 Å². The van der Waals surface area contributed by atoms with Crippen molar-refractivity contribution in [3.63, 3.8) is 0 Å². The molecule has 0 bridgehead atoms. The molecule has 17 heavy (non-hydrogen) atoms. The molecule has 1 aromatic heterocycles. The van der Waals surface area contributed by atoms with Crippen molar-refractivity contribution >= 4 is 17.4 Å². The van der Waals surface area contributed by atoms with Crippen molar-refractivity contribution in [2.45, 2.75) is 6.92 Å². The van der Waals surface area contributed by atoms with E-state index in [4.69, 9.17) is 11.6 Å². The van der Waals surface area contributed by atoms with Gasteiger partial charge in [0.25, 0.3) is 0 Å². The first-order valence-corrected chi connectivity index (χ1v) is 5.38. The Labute approximate surface area is 103 Å². The normalized spacial score (nSPS) is 10.3. The van der Waals surface area contributed by atoms with Crippen molar-refractivity contribution in [2.24, 2.45) is 0 Å². The Morgan fingerprint density at radius 1 is 1.29 bits per heavy atom. The Bertz CT molecular complexity index is 566. The van der Waals surface area contributed by atoms with Gasteiger partial charge >= 0.3 is 0 Å². The smallest absolute Gasteiger partial charge is 0.194 e. The maximum atomic E-state index is 12.9. The molecule has 0 aliphatic rings. The van der Waals surface area contributed by atoms with Gasteiger partial charge in [-0.15, -0.1) is 0 Å². The second-order valence-corrected chi connectivity index (χ2v) is 4.05. The van der Waals surface area contributed by atoms with Gasteiger partial charge < -0.3 is 0 Å². The largest absolute Gasteiger partial charge is 0.289 e. The van der Waals surface area contributed by atoms with Crippen LogP contribution in [0.2, 0.25) is 5.15 Å². The van der Waals surface area contributed by atoms with Crippen LogP contribution in [0.25, 0.3) is 0 Å². The van der Waals surface area contributed by atoms with Crippen molar-refractivity contribution < 1.29 is 9.18 Å². The fourth-order valence-corrected chi connectivity index (χ4v) is 1.66. The molecule has 1 aromatic carbocycles. The van der Waals surface area contributed by atoms with E-state index in [9.17, 15) is 9.18 Å². The minimum absolute atomic E-state index is 0.188. The Balaban J connectivity index is 2.40. The second kappa shape index (κ2) is 4.63. The molecule has 0 amide bonds. The summed E-state index contributed by atoms with van der Waals surface area (Å²) < 4.78 is 12.9. The van der Waals surface area contributed by atoms with E-state index in [1.165, 1.54) is 24.4 Å². The summed E-state index contributed by atoms with van der Waals surface area (Å²) in [5.74, 6) is -0.542. The highest BCUT2D eigenvalue weighted by atomic mass is 35.5. The third kappa shape index (κ3) is 2.50. The third-order valence-electron chi connectivity index (χ3n) is 2.42. The maximum Gasteiger partial charge on any atom is 0.194 e. The van der Waals surface area contributed by atoms with E-state index in [2.05, 4.69) is 4.98 Å². The van der Waals surface area contributed by atoms with Gasteiger partial charge in [-0.25, -0.2) is 9.37 Å². The number of carbonyl (C=O) groups excluding carboxylic acids is 1. The summed E-state index contributed by atoms with van der Waals surface area (Å²) in [6.45, 7) is 1.69. The molecule has 0 unspecified atom stereocenters. The zero-order chi connectivity index (χ0) is 12.4. The van der Waals surface area contributed by atoms with Crippen LogP contribution >= 0.6 is 11.6 Å². The average molecular weight is 250 g/mol. The molecule has 2 aromatic rings. The molecule has 86 valence electrons. The number of aromatic nitrogens is 1. The minimum atomic E-state index is -0.353. The number of pyridine rings is 1. The van der Waals surface area contributed by atoms with Crippen molar-refractivity contribution in [3.05, 3.63) is 64.2 Å². The third-order valence-corrected chi connectivity index (χ3v) is 2.65. The van der Waals surface area contributed by atoms with Crippen LogP contribution in [0.5, 0.6) is 0 Å². The van der Waals surface area contributed by atoms with Gasteiger partial charge in [-0.3, -0.25) is 4.79 Å². The van der Waals surface area contributed by atoms with E-state index in [0.717, 1.165) is 0 Å². The van der Waals surface area contributed by atoms with Crippen molar-refractivity contribution in [1.29, 1.82) is 0 Å². The van der Waals surface area contributed by atoms with E-state index in [1.807, 2.05) is 0 Å². The number of hydrogen-bond acceptors (Lipinski definition) is 2. The number of hydrogen-bond donors (Lipinski definition) is 0. The summed E-state index contributed by atoms with van der Waals surface area (Å²) in [7, 11) is 0. The Morgan fingerprint density at radius 3 is 2.65 bits per heavy atom. The van der Waals surface area contributed by atoms with Gasteiger partial charge in [0, 0.05) is 17.3 Å². The summed E-state index contributed by atoms with van der Waals surface area (Å²) in [6.07, 6.45) is 1.41. The second-order valence-electron chi connectivity index (χ2n) is 3.66. The lowest BCUT2D eigenvalue weighted by Crippen LogP contribution is -2.04.